The van der Waals surface area contributed by atoms with E-state index in [-0.39, 0.29) is 17.7 Å². The average molecular weight is 253 g/mol. The molecule has 2 rings (SSSR count). The second-order valence-electron chi connectivity index (χ2n) is 5.82. The van der Waals surface area contributed by atoms with Gasteiger partial charge in [0.2, 0.25) is 5.91 Å². The van der Waals surface area contributed by atoms with Crippen LogP contribution in [0.4, 0.5) is 0 Å². The van der Waals surface area contributed by atoms with Crippen LogP contribution in [0.3, 0.4) is 0 Å². The normalized spacial score (nSPS) is 32.3. The molecule has 0 radical (unpaired) electrons. The Kier molecular flexibility index (Phi) is 3.93. The molecule has 0 bridgehead atoms. The van der Waals surface area contributed by atoms with Gasteiger partial charge < -0.3 is 10.0 Å². The van der Waals surface area contributed by atoms with Crippen LogP contribution in [0.1, 0.15) is 46.0 Å². The van der Waals surface area contributed by atoms with Crippen LogP contribution in [0.5, 0.6) is 0 Å². The van der Waals surface area contributed by atoms with Crippen LogP contribution in [0.2, 0.25) is 0 Å². The topological polar surface area (TPSA) is 57.6 Å². The van der Waals surface area contributed by atoms with Crippen LogP contribution >= 0.6 is 0 Å². The number of aliphatic carboxylic acids is 1. The third-order valence-electron chi connectivity index (χ3n) is 4.57. The number of nitrogens with zero attached hydrogens (tertiary/aromatic N) is 1. The number of carbonyl (C=O) groups excluding carboxylic acids is 1. The number of carboxylic acids is 1. The van der Waals surface area contributed by atoms with Crippen molar-refractivity contribution in [2.24, 2.45) is 17.8 Å². The predicted octanol–water partition coefficient (Wildman–Crippen LogP) is 2.13. The molecule has 0 aromatic rings. The number of rotatable bonds is 4. The summed E-state index contributed by atoms with van der Waals surface area (Å²) in [5, 5.41) is 9.40. The first-order valence-electron chi connectivity index (χ1n) is 7.09. The highest BCUT2D eigenvalue weighted by molar-refractivity contribution is 5.86. The van der Waals surface area contributed by atoms with Gasteiger partial charge in [0.05, 0.1) is 0 Å². The number of fused-ring (bicyclic) bond motifs is 1. The van der Waals surface area contributed by atoms with Gasteiger partial charge in [-0.3, -0.25) is 4.79 Å². The minimum absolute atomic E-state index is 0.0404. The molecule has 1 N–H and O–H groups in total. The quantitative estimate of drug-likeness (QED) is 0.835. The van der Waals surface area contributed by atoms with Gasteiger partial charge in [-0.1, -0.05) is 26.7 Å². The Morgan fingerprint density at radius 1 is 1.39 bits per heavy atom. The number of carboxylic acid groups (broad SMARTS) is 1. The van der Waals surface area contributed by atoms with E-state index in [0.717, 1.165) is 32.1 Å². The largest absolute Gasteiger partial charge is 0.480 e. The van der Waals surface area contributed by atoms with Crippen molar-refractivity contribution in [2.75, 3.05) is 6.54 Å². The summed E-state index contributed by atoms with van der Waals surface area (Å²) in [6, 6.07) is -0.565. The molecule has 0 aromatic heterocycles. The van der Waals surface area contributed by atoms with Crippen molar-refractivity contribution in [1.29, 1.82) is 0 Å². The van der Waals surface area contributed by atoms with E-state index < -0.39 is 12.0 Å². The lowest BCUT2D eigenvalue weighted by Gasteiger charge is -2.27. The van der Waals surface area contributed by atoms with Gasteiger partial charge in [0.15, 0.2) is 0 Å². The van der Waals surface area contributed by atoms with Gasteiger partial charge in [0.25, 0.3) is 0 Å². The molecule has 0 aromatic carbocycles. The van der Waals surface area contributed by atoms with Crippen molar-refractivity contribution in [1.82, 2.24) is 4.90 Å². The summed E-state index contributed by atoms with van der Waals surface area (Å²) in [5.41, 5.74) is 0. The molecule has 1 aliphatic carbocycles. The van der Waals surface area contributed by atoms with E-state index in [4.69, 9.17) is 0 Å². The summed E-state index contributed by atoms with van der Waals surface area (Å²) in [7, 11) is 0. The minimum Gasteiger partial charge on any atom is -0.480 e. The lowest BCUT2D eigenvalue weighted by Crippen LogP contribution is -2.45. The highest BCUT2D eigenvalue weighted by atomic mass is 16.4. The van der Waals surface area contributed by atoms with Gasteiger partial charge in [-0.15, -0.1) is 0 Å². The number of likely N-dealkylation sites (tertiary alicyclic amines) is 1. The van der Waals surface area contributed by atoms with Crippen molar-refractivity contribution in [3.8, 4) is 0 Å². The Labute approximate surface area is 108 Å². The van der Waals surface area contributed by atoms with Crippen molar-refractivity contribution < 1.29 is 14.7 Å². The van der Waals surface area contributed by atoms with E-state index in [1.807, 2.05) is 6.92 Å². The second-order valence-corrected chi connectivity index (χ2v) is 5.82. The molecule has 4 unspecified atom stereocenters. The zero-order valence-electron chi connectivity index (χ0n) is 11.3. The first-order valence-corrected chi connectivity index (χ1v) is 7.09. The molecule has 4 atom stereocenters. The molecule has 1 saturated heterocycles. The summed E-state index contributed by atoms with van der Waals surface area (Å²) in [4.78, 5) is 25.4. The predicted molar refractivity (Wildman–Crippen MR) is 68.0 cm³/mol. The smallest absolute Gasteiger partial charge is 0.326 e. The van der Waals surface area contributed by atoms with Crippen molar-refractivity contribution >= 4 is 11.9 Å². The maximum Gasteiger partial charge on any atom is 0.326 e. The summed E-state index contributed by atoms with van der Waals surface area (Å²) >= 11 is 0. The minimum atomic E-state index is -0.818. The fourth-order valence-corrected chi connectivity index (χ4v) is 3.69. The van der Waals surface area contributed by atoms with Crippen molar-refractivity contribution in [3.05, 3.63) is 0 Å². The molecule has 0 spiro atoms. The van der Waals surface area contributed by atoms with Gasteiger partial charge in [-0.2, -0.15) is 0 Å². The van der Waals surface area contributed by atoms with Crippen LogP contribution in [-0.4, -0.2) is 34.5 Å². The van der Waals surface area contributed by atoms with E-state index in [2.05, 4.69) is 6.92 Å². The van der Waals surface area contributed by atoms with E-state index >= 15 is 0 Å². The summed E-state index contributed by atoms with van der Waals surface area (Å²) in [6.07, 6.45) is 4.97. The standard InChI is InChI=1S/C14H23NO3/c1-3-5-9(2)13(16)15-8-10-6-4-7-11(10)12(15)14(17)18/h9-12H,3-8H2,1-2H3,(H,17,18). The van der Waals surface area contributed by atoms with Crippen molar-refractivity contribution in [2.45, 2.75) is 52.0 Å². The lowest BCUT2D eigenvalue weighted by molar-refractivity contribution is -0.151. The molecule has 1 amide bonds. The Morgan fingerprint density at radius 3 is 2.72 bits per heavy atom. The van der Waals surface area contributed by atoms with Gasteiger partial charge in [0.1, 0.15) is 6.04 Å². The van der Waals surface area contributed by atoms with E-state index in [1.54, 1.807) is 4.90 Å². The van der Waals surface area contributed by atoms with Crippen LogP contribution in [0, 0.1) is 17.8 Å². The van der Waals surface area contributed by atoms with E-state index in [0.29, 0.717) is 12.5 Å². The summed E-state index contributed by atoms with van der Waals surface area (Å²) in [5.74, 6) is -0.208. The monoisotopic (exact) mass is 253 g/mol. The molecular formula is C14H23NO3. The first-order chi connectivity index (χ1) is 8.56. The van der Waals surface area contributed by atoms with E-state index in [9.17, 15) is 14.7 Å². The molecule has 4 nitrogen and oxygen atoms in total. The van der Waals surface area contributed by atoms with Crippen LogP contribution in [0.25, 0.3) is 0 Å². The number of carbonyl (C=O) groups is 2. The lowest BCUT2D eigenvalue weighted by atomic mass is 9.94. The molecule has 4 heteroatoms. The SMILES string of the molecule is CCCC(C)C(=O)N1CC2CCCC2C1C(=O)O. The van der Waals surface area contributed by atoms with Crippen molar-refractivity contribution in [3.63, 3.8) is 0 Å². The fraction of sp³-hybridized carbons (Fsp3) is 0.857. The number of hydrogen-bond acceptors (Lipinski definition) is 2. The molecule has 102 valence electrons. The average Bonchev–Trinajstić information content (AvgIpc) is 2.86. The molecular weight excluding hydrogens is 230 g/mol. The molecule has 1 aliphatic heterocycles. The van der Waals surface area contributed by atoms with Gasteiger partial charge in [-0.05, 0) is 31.1 Å². The summed E-state index contributed by atoms with van der Waals surface area (Å²) < 4.78 is 0. The number of hydrogen-bond donors (Lipinski definition) is 1. The van der Waals surface area contributed by atoms with Crippen LogP contribution < -0.4 is 0 Å². The first kappa shape index (κ1) is 13.4. The van der Waals surface area contributed by atoms with E-state index in [1.165, 1.54) is 0 Å². The Morgan fingerprint density at radius 2 is 2.11 bits per heavy atom. The summed E-state index contributed by atoms with van der Waals surface area (Å²) in [6.45, 7) is 4.63. The second kappa shape index (κ2) is 5.29. The number of amides is 1. The molecule has 1 heterocycles. The third-order valence-corrected chi connectivity index (χ3v) is 4.57. The Hall–Kier alpha value is -1.06. The fourth-order valence-electron chi connectivity index (χ4n) is 3.69. The molecule has 18 heavy (non-hydrogen) atoms. The van der Waals surface area contributed by atoms with Gasteiger partial charge in [0, 0.05) is 12.5 Å². The third kappa shape index (κ3) is 2.25. The van der Waals surface area contributed by atoms with Crippen LogP contribution in [-0.2, 0) is 9.59 Å². The molecule has 1 saturated carbocycles. The maximum absolute atomic E-state index is 12.3. The Bertz CT molecular complexity index is 342. The maximum atomic E-state index is 12.3. The zero-order chi connectivity index (χ0) is 13.3. The highest BCUT2D eigenvalue weighted by Gasteiger charge is 2.49. The molecule has 2 fully saturated rings. The molecule has 2 aliphatic rings. The van der Waals surface area contributed by atoms with Gasteiger partial charge >= 0.3 is 5.97 Å². The Balaban J connectivity index is 2.12. The van der Waals surface area contributed by atoms with Crippen LogP contribution in [0.15, 0.2) is 0 Å². The zero-order valence-corrected chi connectivity index (χ0v) is 11.3. The highest BCUT2D eigenvalue weighted by Crippen LogP contribution is 2.42. The van der Waals surface area contributed by atoms with Gasteiger partial charge in [-0.25, -0.2) is 4.79 Å².